The molecule has 1 fully saturated rings. The van der Waals surface area contributed by atoms with Crippen LogP contribution in [-0.2, 0) is 4.79 Å². The van der Waals surface area contributed by atoms with Crippen LogP contribution in [0, 0.1) is 5.41 Å². The maximum absolute atomic E-state index is 12.3. The number of aromatic nitrogens is 1. The van der Waals surface area contributed by atoms with E-state index in [1.807, 2.05) is 37.8 Å². The SMILES string of the molecule is CC(C)(C)C(=O)N1CCCN(c2ncccc2Cl)CC1. The van der Waals surface area contributed by atoms with Crippen LogP contribution in [0.25, 0.3) is 0 Å². The Labute approximate surface area is 125 Å². The van der Waals surface area contributed by atoms with E-state index in [0.717, 1.165) is 38.4 Å². The lowest BCUT2D eigenvalue weighted by Crippen LogP contribution is -2.41. The van der Waals surface area contributed by atoms with Crippen molar-refractivity contribution in [2.24, 2.45) is 5.41 Å². The first-order valence-corrected chi connectivity index (χ1v) is 7.42. The number of amides is 1. The van der Waals surface area contributed by atoms with E-state index in [9.17, 15) is 4.79 Å². The van der Waals surface area contributed by atoms with Crippen LogP contribution in [0.3, 0.4) is 0 Å². The summed E-state index contributed by atoms with van der Waals surface area (Å²) in [6, 6.07) is 3.69. The van der Waals surface area contributed by atoms with E-state index in [0.29, 0.717) is 5.02 Å². The largest absolute Gasteiger partial charge is 0.354 e. The van der Waals surface area contributed by atoms with Crippen LogP contribution < -0.4 is 4.90 Å². The molecule has 0 atom stereocenters. The van der Waals surface area contributed by atoms with E-state index in [1.54, 1.807) is 6.20 Å². The lowest BCUT2D eigenvalue weighted by atomic mass is 9.94. The summed E-state index contributed by atoms with van der Waals surface area (Å²) >= 11 is 6.20. The lowest BCUT2D eigenvalue weighted by Gasteiger charge is -2.28. The Kier molecular flexibility index (Phi) is 4.53. The molecule has 0 bridgehead atoms. The molecule has 2 rings (SSSR count). The van der Waals surface area contributed by atoms with Gasteiger partial charge in [0.2, 0.25) is 5.91 Å². The molecule has 0 saturated carbocycles. The van der Waals surface area contributed by atoms with Crippen LogP contribution in [-0.4, -0.2) is 42.0 Å². The van der Waals surface area contributed by atoms with Crippen molar-refractivity contribution in [3.8, 4) is 0 Å². The highest BCUT2D eigenvalue weighted by Gasteiger charge is 2.28. The standard InChI is InChI=1S/C15H22ClN3O/c1-15(2,3)14(20)19-9-5-8-18(10-11-19)13-12(16)6-4-7-17-13/h4,6-7H,5,8-11H2,1-3H3. The molecule has 2 heterocycles. The number of hydrogen-bond donors (Lipinski definition) is 0. The molecule has 1 aliphatic rings. The molecule has 0 N–H and O–H groups in total. The van der Waals surface area contributed by atoms with Crippen molar-refractivity contribution in [1.82, 2.24) is 9.88 Å². The van der Waals surface area contributed by atoms with Crippen molar-refractivity contribution >= 4 is 23.3 Å². The second-order valence-electron chi connectivity index (χ2n) is 6.19. The topological polar surface area (TPSA) is 36.4 Å². The molecular formula is C15H22ClN3O. The average Bonchev–Trinajstić information content (AvgIpc) is 2.63. The zero-order chi connectivity index (χ0) is 14.8. The second-order valence-corrected chi connectivity index (χ2v) is 6.60. The Morgan fingerprint density at radius 1 is 1.25 bits per heavy atom. The molecule has 5 heteroatoms. The summed E-state index contributed by atoms with van der Waals surface area (Å²) in [6.45, 7) is 9.08. The van der Waals surface area contributed by atoms with E-state index in [2.05, 4.69) is 9.88 Å². The van der Waals surface area contributed by atoms with Crippen molar-refractivity contribution in [3.63, 3.8) is 0 Å². The minimum atomic E-state index is -0.322. The molecule has 1 aromatic heterocycles. The maximum atomic E-state index is 12.3. The van der Waals surface area contributed by atoms with Crippen molar-refractivity contribution in [1.29, 1.82) is 0 Å². The highest BCUT2D eigenvalue weighted by Crippen LogP contribution is 2.24. The van der Waals surface area contributed by atoms with Gasteiger partial charge in [0.05, 0.1) is 5.02 Å². The molecule has 1 aromatic rings. The smallest absolute Gasteiger partial charge is 0.228 e. The molecular weight excluding hydrogens is 274 g/mol. The fraction of sp³-hybridized carbons (Fsp3) is 0.600. The van der Waals surface area contributed by atoms with Crippen LogP contribution in [0.15, 0.2) is 18.3 Å². The molecule has 0 spiro atoms. The molecule has 1 amide bonds. The molecule has 0 aliphatic carbocycles. The summed E-state index contributed by atoms with van der Waals surface area (Å²) in [7, 11) is 0. The fourth-order valence-corrected chi connectivity index (χ4v) is 2.66. The van der Waals surface area contributed by atoms with Gasteiger partial charge in [-0.2, -0.15) is 0 Å². The Morgan fingerprint density at radius 3 is 2.65 bits per heavy atom. The average molecular weight is 296 g/mol. The minimum absolute atomic E-state index is 0.214. The van der Waals surface area contributed by atoms with Gasteiger partial charge >= 0.3 is 0 Å². The summed E-state index contributed by atoms with van der Waals surface area (Å²) in [5.74, 6) is 1.03. The molecule has 1 saturated heterocycles. The Hall–Kier alpha value is -1.29. The van der Waals surface area contributed by atoms with Gasteiger partial charge in [0.25, 0.3) is 0 Å². The van der Waals surface area contributed by atoms with Crippen LogP contribution in [0.2, 0.25) is 5.02 Å². The highest BCUT2D eigenvalue weighted by molar-refractivity contribution is 6.32. The number of anilines is 1. The van der Waals surface area contributed by atoms with Gasteiger partial charge in [-0.1, -0.05) is 32.4 Å². The first-order valence-electron chi connectivity index (χ1n) is 7.04. The van der Waals surface area contributed by atoms with Crippen molar-refractivity contribution in [3.05, 3.63) is 23.4 Å². The number of nitrogens with zero attached hydrogens (tertiary/aromatic N) is 3. The number of carbonyl (C=O) groups excluding carboxylic acids is 1. The Balaban J connectivity index is 2.07. The number of halogens is 1. The number of hydrogen-bond acceptors (Lipinski definition) is 3. The summed E-state index contributed by atoms with van der Waals surface area (Å²) in [4.78, 5) is 20.8. The van der Waals surface area contributed by atoms with Crippen LogP contribution in [0.1, 0.15) is 27.2 Å². The maximum Gasteiger partial charge on any atom is 0.228 e. The second kappa shape index (κ2) is 6.00. The molecule has 1 aliphatic heterocycles. The van der Waals surface area contributed by atoms with E-state index < -0.39 is 0 Å². The molecule has 0 unspecified atom stereocenters. The van der Waals surface area contributed by atoms with E-state index >= 15 is 0 Å². The number of carbonyl (C=O) groups is 1. The minimum Gasteiger partial charge on any atom is -0.354 e. The van der Waals surface area contributed by atoms with Gasteiger partial charge in [-0.3, -0.25) is 4.79 Å². The van der Waals surface area contributed by atoms with Crippen molar-refractivity contribution in [2.75, 3.05) is 31.1 Å². The third-order valence-electron chi connectivity index (χ3n) is 3.46. The predicted molar refractivity (Wildman–Crippen MR) is 82.1 cm³/mol. The monoisotopic (exact) mass is 295 g/mol. The van der Waals surface area contributed by atoms with Crippen LogP contribution >= 0.6 is 11.6 Å². The predicted octanol–water partition coefficient (Wildman–Crippen LogP) is 2.82. The summed E-state index contributed by atoms with van der Waals surface area (Å²) in [5, 5.41) is 0.670. The van der Waals surface area contributed by atoms with Gasteiger partial charge in [0.1, 0.15) is 5.82 Å². The van der Waals surface area contributed by atoms with Gasteiger partial charge in [0, 0.05) is 37.8 Å². The fourth-order valence-electron chi connectivity index (χ4n) is 2.42. The van der Waals surface area contributed by atoms with Crippen LogP contribution in [0.5, 0.6) is 0 Å². The highest BCUT2D eigenvalue weighted by atomic mass is 35.5. The van der Waals surface area contributed by atoms with Gasteiger partial charge in [-0.05, 0) is 18.6 Å². The van der Waals surface area contributed by atoms with Crippen molar-refractivity contribution in [2.45, 2.75) is 27.2 Å². The quantitative estimate of drug-likeness (QED) is 0.799. The molecule has 20 heavy (non-hydrogen) atoms. The van der Waals surface area contributed by atoms with E-state index in [1.165, 1.54) is 0 Å². The number of pyridine rings is 1. The van der Waals surface area contributed by atoms with E-state index in [4.69, 9.17) is 11.6 Å². The normalized spacial score (nSPS) is 17.0. The Morgan fingerprint density at radius 2 is 2.00 bits per heavy atom. The van der Waals surface area contributed by atoms with Gasteiger partial charge in [-0.15, -0.1) is 0 Å². The first kappa shape index (κ1) is 15.1. The lowest BCUT2D eigenvalue weighted by molar-refractivity contribution is -0.139. The van der Waals surface area contributed by atoms with Gasteiger partial charge in [-0.25, -0.2) is 4.98 Å². The number of rotatable bonds is 1. The van der Waals surface area contributed by atoms with E-state index in [-0.39, 0.29) is 11.3 Å². The zero-order valence-electron chi connectivity index (χ0n) is 12.4. The first-order chi connectivity index (χ1) is 9.39. The molecule has 4 nitrogen and oxygen atoms in total. The summed E-state index contributed by atoms with van der Waals surface area (Å²) in [5.41, 5.74) is -0.322. The summed E-state index contributed by atoms with van der Waals surface area (Å²) < 4.78 is 0. The third kappa shape index (κ3) is 3.42. The third-order valence-corrected chi connectivity index (χ3v) is 3.76. The van der Waals surface area contributed by atoms with Crippen LogP contribution in [0.4, 0.5) is 5.82 Å². The molecule has 110 valence electrons. The molecule has 0 aromatic carbocycles. The zero-order valence-corrected chi connectivity index (χ0v) is 13.2. The Bertz CT molecular complexity index is 484. The molecule has 0 radical (unpaired) electrons. The van der Waals surface area contributed by atoms with Gasteiger partial charge in [0.15, 0.2) is 0 Å². The van der Waals surface area contributed by atoms with Gasteiger partial charge < -0.3 is 9.80 Å². The van der Waals surface area contributed by atoms with Crippen molar-refractivity contribution < 1.29 is 4.79 Å². The summed E-state index contributed by atoms with van der Waals surface area (Å²) in [6.07, 6.45) is 2.69.